The molecule has 0 saturated heterocycles. The highest BCUT2D eigenvalue weighted by Gasteiger charge is 2.29. The second-order valence-electron chi connectivity index (χ2n) is 6.03. The van der Waals surface area contributed by atoms with Crippen molar-refractivity contribution in [1.29, 1.82) is 0 Å². The molecule has 2 unspecified atom stereocenters. The molecule has 2 atom stereocenters. The number of ether oxygens (including phenoxy) is 1. The van der Waals surface area contributed by atoms with Gasteiger partial charge in [0.2, 0.25) is 0 Å². The van der Waals surface area contributed by atoms with Gasteiger partial charge in [-0.2, -0.15) is 0 Å². The molecule has 5 heteroatoms. The summed E-state index contributed by atoms with van der Waals surface area (Å²) in [6.45, 7) is 2.83. The summed E-state index contributed by atoms with van der Waals surface area (Å²) in [5.41, 5.74) is 2.52. The number of benzene rings is 1. The number of aryl methyl sites for hydroxylation is 1. The van der Waals surface area contributed by atoms with Crippen LogP contribution in [0.5, 0.6) is 0 Å². The highest BCUT2D eigenvalue weighted by Crippen LogP contribution is 2.34. The molecule has 2 rings (SSSR count). The first-order valence-corrected chi connectivity index (χ1v) is 8.46. The molecule has 0 radical (unpaired) electrons. The van der Waals surface area contributed by atoms with Crippen molar-refractivity contribution in [1.82, 2.24) is 10.2 Å². The summed E-state index contributed by atoms with van der Waals surface area (Å²) in [5.74, 6) is 0. The average Bonchev–Trinajstić information content (AvgIpc) is 2.58. The third kappa shape index (κ3) is 4.45. The van der Waals surface area contributed by atoms with Gasteiger partial charge in [0.25, 0.3) is 0 Å². The minimum absolute atomic E-state index is 0.00692. The van der Waals surface area contributed by atoms with Crippen molar-refractivity contribution in [3.63, 3.8) is 0 Å². The van der Waals surface area contributed by atoms with E-state index in [0.717, 1.165) is 25.7 Å². The summed E-state index contributed by atoms with van der Waals surface area (Å²) in [6, 6.07) is 8.21. The quantitative estimate of drug-likeness (QED) is 0.811. The van der Waals surface area contributed by atoms with Crippen LogP contribution in [0.4, 0.5) is 4.79 Å². The minimum atomic E-state index is -0.121. The second kappa shape index (κ2) is 8.89. The highest BCUT2D eigenvalue weighted by molar-refractivity contribution is 5.75. The van der Waals surface area contributed by atoms with E-state index in [2.05, 4.69) is 17.4 Å². The fourth-order valence-electron chi connectivity index (χ4n) is 3.28. The fourth-order valence-corrected chi connectivity index (χ4v) is 3.28. The molecule has 0 aliphatic heterocycles. The second-order valence-corrected chi connectivity index (χ2v) is 6.03. The number of urea groups is 1. The Hall–Kier alpha value is -1.59. The number of aliphatic hydroxyl groups is 1. The summed E-state index contributed by atoms with van der Waals surface area (Å²) in [7, 11) is 1.64. The van der Waals surface area contributed by atoms with Crippen molar-refractivity contribution < 1.29 is 14.6 Å². The number of nitrogens with one attached hydrogen (secondary N) is 1. The van der Waals surface area contributed by atoms with Crippen LogP contribution in [0.3, 0.4) is 0 Å². The van der Waals surface area contributed by atoms with Gasteiger partial charge in [0, 0.05) is 13.7 Å². The summed E-state index contributed by atoms with van der Waals surface area (Å²) in [4.78, 5) is 14.5. The third-order valence-corrected chi connectivity index (χ3v) is 4.50. The first kappa shape index (κ1) is 17.8. The molecule has 5 nitrogen and oxygen atoms in total. The van der Waals surface area contributed by atoms with Crippen LogP contribution in [-0.4, -0.2) is 48.9 Å². The lowest BCUT2D eigenvalue weighted by atomic mass is 9.87. The zero-order valence-corrected chi connectivity index (χ0v) is 14.1. The van der Waals surface area contributed by atoms with E-state index in [1.165, 1.54) is 11.1 Å². The lowest BCUT2D eigenvalue weighted by molar-refractivity contribution is 0.128. The van der Waals surface area contributed by atoms with E-state index in [-0.39, 0.29) is 24.7 Å². The number of hydrogen-bond acceptors (Lipinski definition) is 3. The Balaban J connectivity index is 2.16. The van der Waals surface area contributed by atoms with Crippen LogP contribution in [0.25, 0.3) is 0 Å². The Bertz CT molecular complexity index is 507. The Morgan fingerprint density at radius 2 is 2.26 bits per heavy atom. The van der Waals surface area contributed by atoms with E-state index in [9.17, 15) is 9.90 Å². The monoisotopic (exact) mass is 320 g/mol. The van der Waals surface area contributed by atoms with E-state index in [1.54, 1.807) is 12.0 Å². The van der Waals surface area contributed by atoms with Crippen LogP contribution in [0, 0.1) is 0 Å². The maximum atomic E-state index is 12.7. The largest absolute Gasteiger partial charge is 0.395 e. The molecule has 2 amide bonds. The number of aliphatic hydroxyl groups excluding tert-OH is 1. The smallest absolute Gasteiger partial charge is 0.318 e. The molecular formula is C18H28N2O3. The van der Waals surface area contributed by atoms with Crippen LogP contribution < -0.4 is 5.32 Å². The predicted molar refractivity (Wildman–Crippen MR) is 90.4 cm³/mol. The van der Waals surface area contributed by atoms with Crippen LogP contribution in [0.1, 0.15) is 43.4 Å². The maximum Gasteiger partial charge on any atom is 0.318 e. The Morgan fingerprint density at radius 3 is 2.96 bits per heavy atom. The van der Waals surface area contributed by atoms with Gasteiger partial charge in [-0.3, -0.25) is 0 Å². The molecule has 0 heterocycles. The molecule has 2 N–H and O–H groups in total. The number of nitrogens with zero attached hydrogens (tertiary/aromatic N) is 1. The van der Waals surface area contributed by atoms with Gasteiger partial charge < -0.3 is 20.1 Å². The Labute approximate surface area is 138 Å². The lowest BCUT2D eigenvalue weighted by Gasteiger charge is -2.36. The standard InChI is InChI=1S/C18H28N2O3/c1-3-15(13-23-2)19-18(22)20(11-12-21)17-10-6-8-14-7-4-5-9-16(14)17/h4-5,7,9,15,17,21H,3,6,8,10-13H2,1-2H3,(H,19,22). The predicted octanol–water partition coefficient (Wildman–Crippen LogP) is 2.49. The lowest BCUT2D eigenvalue weighted by Crippen LogP contribution is -2.49. The van der Waals surface area contributed by atoms with E-state index in [1.807, 2.05) is 19.1 Å². The number of fused-ring (bicyclic) bond motifs is 1. The summed E-state index contributed by atoms with van der Waals surface area (Å²) in [6.07, 6.45) is 3.87. The highest BCUT2D eigenvalue weighted by atomic mass is 16.5. The van der Waals surface area contributed by atoms with Crippen LogP contribution in [0.15, 0.2) is 24.3 Å². The molecule has 0 fully saturated rings. The number of carbonyl (C=O) groups excluding carboxylic acids is 1. The molecule has 1 aliphatic rings. The molecule has 1 aromatic carbocycles. The van der Waals surface area contributed by atoms with E-state index < -0.39 is 0 Å². The van der Waals surface area contributed by atoms with E-state index in [0.29, 0.717) is 13.2 Å². The van der Waals surface area contributed by atoms with Gasteiger partial charge >= 0.3 is 6.03 Å². The van der Waals surface area contributed by atoms with Crippen molar-refractivity contribution in [2.75, 3.05) is 26.9 Å². The fraction of sp³-hybridized carbons (Fsp3) is 0.611. The third-order valence-electron chi connectivity index (χ3n) is 4.50. The van der Waals surface area contributed by atoms with Gasteiger partial charge in [-0.15, -0.1) is 0 Å². The average molecular weight is 320 g/mol. The van der Waals surface area contributed by atoms with Gasteiger partial charge in [0.15, 0.2) is 0 Å². The maximum absolute atomic E-state index is 12.7. The van der Waals surface area contributed by atoms with Crippen LogP contribution >= 0.6 is 0 Å². The van der Waals surface area contributed by atoms with Crippen molar-refractivity contribution in [3.05, 3.63) is 35.4 Å². The number of methoxy groups -OCH3 is 1. The zero-order valence-electron chi connectivity index (χ0n) is 14.1. The van der Waals surface area contributed by atoms with Gasteiger partial charge in [-0.25, -0.2) is 4.79 Å². The van der Waals surface area contributed by atoms with E-state index in [4.69, 9.17) is 4.74 Å². The van der Waals surface area contributed by atoms with Crippen molar-refractivity contribution in [2.24, 2.45) is 0 Å². The van der Waals surface area contributed by atoms with Gasteiger partial charge in [0.1, 0.15) is 0 Å². The molecule has 23 heavy (non-hydrogen) atoms. The molecule has 0 saturated carbocycles. The molecule has 1 aliphatic carbocycles. The van der Waals surface area contributed by atoms with Gasteiger partial charge in [0.05, 0.1) is 25.3 Å². The zero-order chi connectivity index (χ0) is 16.7. The molecule has 0 bridgehead atoms. The first-order chi connectivity index (χ1) is 11.2. The summed E-state index contributed by atoms with van der Waals surface area (Å²) < 4.78 is 5.15. The summed E-state index contributed by atoms with van der Waals surface area (Å²) in [5, 5.41) is 12.4. The van der Waals surface area contributed by atoms with Gasteiger partial charge in [-0.05, 0) is 36.8 Å². The number of hydrogen-bond donors (Lipinski definition) is 2. The van der Waals surface area contributed by atoms with Crippen molar-refractivity contribution in [3.8, 4) is 0 Å². The Morgan fingerprint density at radius 1 is 1.48 bits per heavy atom. The number of amides is 2. The van der Waals surface area contributed by atoms with Crippen LogP contribution in [0.2, 0.25) is 0 Å². The molecule has 0 spiro atoms. The first-order valence-electron chi connectivity index (χ1n) is 8.46. The Kier molecular flexibility index (Phi) is 6.86. The molecule has 128 valence electrons. The SMILES string of the molecule is CCC(COC)NC(=O)N(CCO)C1CCCc2ccccc21. The number of rotatable bonds is 7. The van der Waals surface area contributed by atoms with Crippen LogP contribution in [-0.2, 0) is 11.2 Å². The number of carbonyl (C=O) groups is 1. The molecular weight excluding hydrogens is 292 g/mol. The van der Waals surface area contributed by atoms with Gasteiger partial charge in [-0.1, -0.05) is 31.2 Å². The normalized spacial score (nSPS) is 18.1. The van der Waals surface area contributed by atoms with Crippen molar-refractivity contribution >= 4 is 6.03 Å². The topological polar surface area (TPSA) is 61.8 Å². The van der Waals surface area contributed by atoms with Crippen molar-refractivity contribution in [2.45, 2.75) is 44.7 Å². The minimum Gasteiger partial charge on any atom is -0.395 e. The molecule has 1 aromatic rings. The molecule has 0 aromatic heterocycles. The van der Waals surface area contributed by atoms with E-state index >= 15 is 0 Å². The summed E-state index contributed by atoms with van der Waals surface area (Å²) >= 11 is 0.